The highest BCUT2D eigenvalue weighted by molar-refractivity contribution is 6.30. The Balaban J connectivity index is 2.11. The maximum absolute atomic E-state index is 11.3. The molecule has 0 aromatic heterocycles. The Hall–Kier alpha value is -1.71. The third-order valence-electron chi connectivity index (χ3n) is 2.68. The summed E-state index contributed by atoms with van der Waals surface area (Å²) in [5, 5.41) is 10.4. The Morgan fingerprint density at radius 1 is 1.10 bits per heavy atom. The van der Waals surface area contributed by atoms with Gasteiger partial charge in [-0.2, -0.15) is 0 Å². The van der Waals surface area contributed by atoms with Crippen LogP contribution in [-0.4, -0.2) is 17.2 Å². The Labute approximate surface area is 126 Å². The van der Waals surface area contributed by atoms with Gasteiger partial charge in [0, 0.05) is 16.5 Å². The molecular weight excluding hydrogens is 299 g/mol. The molecule has 0 radical (unpaired) electrons. The minimum atomic E-state index is -1.03. The summed E-state index contributed by atoms with van der Waals surface area (Å²) in [5.74, 6) is -0.566. The molecule has 0 bridgehead atoms. The third-order valence-corrected chi connectivity index (χ3v) is 3.16. The predicted molar refractivity (Wildman–Crippen MR) is 78.7 cm³/mol. The lowest BCUT2D eigenvalue weighted by atomic mass is 10.1. The van der Waals surface area contributed by atoms with Gasteiger partial charge < -0.3 is 9.84 Å². The lowest BCUT2D eigenvalue weighted by Gasteiger charge is -2.15. The summed E-state index contributed by atoms with van der Waals surface area (Å²) >= 11 is 11.7. The molecule has 2 aromatic rings. The number of hydrogen-bond acceptors (Lipinski definition) is 2. The van der Waals surface area contributed by atoms with E-state index in [0.717, 1.165) is 5.56 Å². The van der Waals surface area contributed by atoms with E-state index in [9.17, 15) is 9.90 Å². The molecule has 0 aliphatic rings. The van der Waals surface area contributed by atoms with Crippen molar-refractivity contribution >= 4 is 29.2 Å². The largest absolute Gasteiger partial charge is 0.478 e. The van der Waals surface area contributed by atoms with Gasteiger partial charge in [-0.3, -0.25) is 0 Å². The van der Waals surface area contributed by atoms with E-state index in [1.165, 1.54) is 0 Å². The van der Waals surface area contributed by atoms with Crippen LogP contribution >= 0.6 is 23.2 Å². The summed E-state index contributed by atoms with van der Waals surface area (Å²) in [6.45, 7) is 0. The van der Waals surface area contributed by atoms with Gasteiger partial charge in [-0.05, 0) is 42.0 Å². The van der Waals surface area contributed by atoms with Crippen LogP contribution in [0.15, 0.2) is 48.5 Å². The van der Waals surface area contributed by atoms with Crippen LogP contribution in [0.4, 0.5) is 0 Å². The molecule has 2 aromatic carbocycles. The topological polar surface area (TPSA) is 46.5 Å². The number of halogens is 2. The monoisotopic (exact) mass is 310 g/mol. The van der Waals surface area contributed by atoms with Crippen molar-refractivity contribution in [1.82, 2.24) is 0 Å². The van der Waals surface area contributed by atoms with Crippen LogP contribution in [-0.2, 0) is 11.2 Å². The van der Waals surface area contributed by atoms with Gasteiger partial charge in [0.15, 0.2) is 6.10 Å². The second-order valence-electron chi connectivity index (χ2n) is 4.23. The molecule has 1 unspecified atom stereocenters. The zero-order valence-corrected chi connectivity index (χ0v) is 11.9. The van der Waals surface area contributed by atoms with Crippen LogP contribution < -0.4 is 4.74 Å². The van der Waals surface area contributed by atoms with Gasteiger partial charge in [0.05, 0.1) is 0 Å². The number of ether oxygens (including phenoxy) is 1. The number of carboxylic acids is 1. The zero-order chi connectivity index (χ0) is 14.5. The molecule has 0 aliphatic carbocycles. The van der Waals surface area contributed by atoms with E-state index >= 15 is 0 Å². The maximum Gasteiger partial charge on any atom is 0.345 e. The molecule has 0 fully saturated rings. The molecule has 1 atom stereocenters. The second-order valence-corrected chi connectivity index (χ2v) is 5.11. The van der Waals surface area contributed by atoms with Crippen LogP contribution in [0, 0.1) is 0 Å². The van der Waals surface area contributed by atoms with Gasteiger partial charge >= 0.3 is 5.97 Å². The minimum Gasteiger partial charge on any atom is -0.478 e. The fraction of sp³-hybridized carbons (Fsp3) is 0.133. The molecule has 3 nitrogen and oxygen atoms in total. The minimum absolute atomic E-state index is 0.235. The number of rotatable bonds is 5. The van der Waals surface area contributed by atoms with E-state index in [2.05, 4.69) is 0 Å². The van der Waals surface area contributed by atoms with Crippen molar-refractivity contribution in [1.29, 1.82) is 0 Å². The Kier molecular flexibility index (Phi) is 4.88. The number of benzene rings is 2. The highest BCUT2D eigenvalue weighted by Crippen LogP contribution is 2.19. The number of aliphatic carboxylic acids is 1. The average Bonchev–Trinajstić information content (AvgIpc) is 2.40. The summed E-state index contributed by atoms with van der Waals surface area (Å²) < 4.78 is 5.47. The highest BCUT2D eigenvalue weighted by Gasteiger charge is 2.20. The van der Waals surface area contributed by atoms with E-state index in [1.807, 2.05) is 6.07 Å². The molecule has 0 amide bonds. The summed E-state index contributed by atoms with van der Waals surface area (Å²) in [4.78, 5) is 11.3. The lowest BCUT2D eigenvalue weighted by Crippen LogP contribution is -2.29. The van der Waals surface area contributed by atoms with Crippen molar-refractivity contribution in [2.75, 3.05) is 0 Å². The molecule has 0 aliphatic heterocycles. The van der Waals surface area contributed by atoms with E-state index in [4.69, 9.17) is 27.9 Å². The standard InChI is InChI=1S/C15H12Cl2O3/c16-11-4-6-13(7-5-11)20-14(15(18)19)9-10-2-1-3-12(17)8-10/h1-8,14H,9H2,(H,18,19). The van der Waals surface area contributed by atoms with Crippen LogP contribution in [0.3, 0.4) is 0 Å². The third kappa shape index (κ3) is 4.15. The molecule has 0 saturated carbocycles. The van der Waals surface area contributed by atoms with Crippen molar-refractivity contribution in [3.8, 4) is 5.75 Å². The molecular formula is C15H12Cl2O3. The smallest absolute Gasteiger partial charge is 0.345 e. The van der Waals surface area contributed by atoms with Crippen LogP contribution in [0.1, 0.15) is 5.56 Å². The summed E-state index contributed by atoms with van der Waals surface area (Å²) in [5.41, 5.74) is 0.805. The van der Waals surface area contributed by atoms with Crippen molar-refractivity contribution in [3.05, 3.63) is 64.1 Å². The predicted octanol–water partition coefficient (Wildman–Crippen LogP) is 4.07. The second kappa shape index (κ2) is 6.64. The van der Waals surface area contributed by atoms with Gasteiger partial charge in [0.25, 0.3) is 0 Å². The summed E-state index contributed by atoms with van der Waals surface area (Å²) in [6, 6.07) is 13.6. The van der Waals surface area contributed by atoms with Crippen molar-refractivity contribution in [2.45, 2.75) is 12.5 Å². The van der Waals surface area contributed by atoms with Gasteiger partial charge in [0.1, 0.15) is 5.75 Å². The van der Waals surface area contributed by atoms with Crippen molar-refractivity contribution in [3.63, 3.8) is 0 Å². The first-order valence-corrected chi connectivity index (χ1v) is 6.69. The average molecular weight is 311 g/mol. The van der Waals surface area contributed by atoms with Gasteiger partial charge in [-0.25, -0.2) is 4.79 Å². The SMILES string of the molecule is O=C(O)C(Cc1cccc(Cl)c1)Oc1ccc(Cl)cc1. The van der Waals surface area contributed by atoms with Gasteiger partial charge in [-0.15, -0.1) is 0 Å². The first-order chi connectivity index (χ1) is 9.54. The van der Waals surface area contributed by atoms with Crippen molar-refractivity contribution < 1.29 is 14.6 Å². The Morgan fingerprint density at radius 3 is 2.40 bits per heavy atom. The molecule has 5 heteroatoms. The first kappa shape index (κ1) is 14.7. The van der Waals surface area contributed by atoms with E-state index in [1.54, 1.807) is 42.5 Å². The number of hydrogen-bond donors (Lipinski definition) is 1. The molecule has 0 heterocycles. The van der Waals surface area contributed by atoms with Crippen LogP contribution in [0.2, 0.25) is 10.0 Å². The molecule has 2 rings (SSSR count). The van der Waals surface area contributed by atoms with E-state index < -0.39 is 12.1 Å². The summed E-state index contributed by atoms with van der Waals surface area (Å²) in [6.07, 6.45) is -0.743. The molecule has 0 saturated heterocycles. The van der Waals surface area contributed by atoms with E-state index in [-0.39, 0.29) is 6.42 Å². The fourth-order valence-corrected chi connectivity index (χ4v) is 2.07. The fourth-order valence-electron chi connectivity index (χ4n) is 1.73. The van der Waals surface area contributed by atoms with Gasteiger partial charge in [-0.1, -0.05) is 35.3 Å². The zero-order valence-electron chi connectivity index (χ0n) is 10.4. The summed E-state index contributed by atoms with van der Waals surface area (Å²) in [7, 11) is 0. The lowest BCUT2D eigenvalue weighted by molar-refractivity contribution is -0.145. The quantitative estimate of drug-likeness (QED) is 0.905. The molecule has 1 N–H and O–H groups in total. The number of carbonyl (C=O) groups is 1. The molecule has 104 valence electrons. The Morgan fingerprint density at radius 2 is 1.80 bits per heavy atom. The Bertz CT molecular complexity index is 596. The maximum atomic E-state index is 11.3. The normalized spacial score (nSPS) is 11.9. The molecule has 20 heavy (non-hydrogen) atoms. The van der Waals surface area contributed by atoms with Crippen molar-refractivity contribution in [2.24, 2.45) is 0 Å². The molecule has 0 spiro atoms. The number of carboxylic acid groups (broad SMARTS) is 1. The van der Waals surface area contributed by atoms with Crippen LogP contribution in [0.5, 0.6) is 5.75 Å². The van der Waals surface area contributed by atoms with E-state index in [0.29, 0.717) is 15.8 Å². The highest BCUT2D eigenvalue weighted by atomic mass is 35.5. The first-order valence-electron chi connectivity index (χ1n) is 5.94. The van der Waals surface area contributed by atoms with Crippen LogP contribution in [0.25, 0.3) is 0 Å². The van der Waals surface area contributed by atoms with Gasteiger partial charge in [0.2, 0.25) is 0 Å².